The summed E-state index contributed by atoms with van der Waals surface area (Å²) in [5.74, 6) is -2.15. The van der Waals surface area contributed by atoms with Gasteiger partial charge in [0.25, 0.3) is 0 Å². The number of hydrogen-bond acceptors (Lipinski definition) is 4. The number of nitrogens with one attached hydrogen (secondary N) is 2. The largest absolute Gasteiger partial charge is 0.481 e. The lowest BCUT2D eigenvalue weighted by atomic mass is 9.61. The minimum Gasteiger partial charge on any atom is -0.481 e. The van der Waals surface area contributed by atoms with E-state index in [1.54, 1.807) is 19.2 Å². The van der Waals surface area contributed by atoms with Gasteiger partial charge in [0.05, 0.1) is 17.4 Å². The Morgan fingerprint density at radius 2 is 1.56 bits per heavy atom. The van der Waals surface area contributed by atoms with Crippen LogP contribution in [0.25, 0.3) is 10.8 Å². The number of hydrogen-bond donors (Lipinski definition) is 4. The van der Waals surface area contributed by atoms with Gasteiger partial charge in [-0.3, -0.25) is 14.4 Å². The van der Waals surface area contributed by atoms with E-state index in [0.717, 1.165) is 21.9 Å². The molecule has 0 saturated carbocycles. The number of aliphatic carboxylic acids is 2. The zero-order valence-electron chi connectivity index (χ0n) is 18.9. The molecule has 2 aromatic carbocycles. The van der Waals surface area contributed by atoms with Gasteiger partial charge in [0.1, 0.15) is 0 Å². The number of rotatable bonds is 2. The molecular formula is C26H26N2O6. The molecule has 1 fully saturated rings. The third-order valence-corrected chi connectivity index (χ3v) is 6.06. The summed E-state index contributed by atoms with van der Waals surface area (Å²) in [6, 6.07) is 16.5. The second-order valence-electron chi connectivity index (χ2n) is 8.56. The maximum absolute atomic E-state index is 11.8. The van der Waals surface area contributed by atoms with Gasteiger partial charge in [-0.1, -0.05) is 55.1 Å². The molecular weight excluding hydrogens is 436 g/mol. The normalized spacial score (nSPS) is 21.6. The Balaban J connectivity index is 0.000000164. The molecule has 3 aromatic rings. The third-order valence-electron chi connectivity index (χ3n) is 6.06. The van der Waals surface area contributed by atoms with Gasteiger partial charge in [-0.05, 0) is 42.2 Å². The van der Waals surface area contributed by atoms with Crippen LogP contribution in [0, 0.1) is 5.41 Å². The van der Waals surface area contributed by atoms with Crippen molar-refractivity contribution in [3.8, 4) is 0 Å². The number of fused-ring (bicyclic) bond motifs is 3. The zero-order chi connectivity index (χ0) is 25.0. The van der Waals surface area contributed by atoms with Crippen molar-refractivity contribution in [3.63, 3.8) is 0 Å². The Bertz CT molecular complexity index is 1320. The fourth-order valence-corrected chi connectivity index (χ4v) is 4.12. The predicted molar refractivity (Wildman–Crippen MR) is 127 cm³/mol. The SMILES string of the molecule is C=C(C)C(=O)O.CC1(C(=O)O)CC2C(=O)NC1c1ccccc12.O=c1cc2ccccc2c[nH]1. The number of carbonyl (C=O) groups is 3. The Morgan fingerprint density at radius 1 is 1.00 bits per heavy atom. The summed E-state index contributed by atoms with van der Waals surface area (Å²) in [6.07, 6.45) is 2.10. The summed E-state index contributed by atoms with van der Waals surface area (Å²) in [5, 5.41) is 22.1. The fourth-order valence-electron chi connectivity index (χ4n) is 4.12. The van der Waals surface area contributed by atoms with Gasteiger partial charge in [0.2, 0.25) is 11.5 Å². The van der Waals surface area contributed by atoms with Crippen LogP contribution in [0.4, 0.5) is 0 Å². The molecule has 34 heavy (non-hydrogen) atoms. The van der Waals surface area contributed by atoms with E-state index in [1.165, 1.54) is 6.92 Å². The maximum Gasteiger partial charge on any atom is 0.330 e. The van der Waals surface area contributed by atoms with Crippen molar-refractivity contribution in [2.24, 2.45) is 5.41 Å². The maximum atomic E-state index is 11.8. The molecule has 2 aliphatic heterocycles. The van der Waals surface area contributed by atoms with E-state index in [-0.39, 0.29) is 23.0 Å². The first kappa shape index (κ1) is 24.4. The van der Waals surface area contributed by atoms with E-state index >= 15 is 0 Å². The Labute approximate surface area is 195 Å². The number of aromatic nitrogens is 1. The standard InChI is InChI=1S/C13H13NO3.C9H7NO.C4H6O2/c1-13(12(16)17)6-9-7-4-2-3-5-8(7)10(13)14-11(9)15;11-9-5-7-3-1-2-4-8(7)6-10-9;1-3(2)4(5)6/h2-5,9-10H,6H2,1H3,(H,14,15)(H,16,17);1-6H,(H,10,11);1H2,2H3,(H,5,6). The quantitative estimate of drug-likeness (QED) is 0.430. The lowest BCUT2D eigenvalue weighted by Crippen LogP contribution is -2.55. The number of H-pyrrole nitrogens is 1. The lowest BCUT2D eigenvalue weighted by molar-refractivity contribution is -0.155. The highest BCUT2D eigenvalue weighted by atomic mass is 16.4. The number of aromatic amines is 1. The molecule has 1 aliphatic carbocycles. The Kier molecular flexibility index (Phi) is 7.00. The van der Waals surface area contributed by atoms with E-state index in [0.29, 0.717) is 6.42 Å². The molecule has 8 heteroatoms. The molecule has 1 amide bonds. The average molecular weight is 463 g/mol. The second-order valence-corrected chi connectivity index (χ2v) is 8.56. The number of carbonyl (C=O) groups excluding carboxylic acids is 1. The molecule has 8 nitrogen and oxygen atoms in total. The van der Waals surface area contributed by atoms with Crippen molar-refractivity contribution in [2.75, 3.05) is 0 Å². The number of piperidine rings is 1. The molecule has 1 aromatic heterocycles. The topological polar surface area (TPSA) is 137 Å². The summed E-state index contributed by atoms with van der Waals surface area (Å²) in [4.78, 5) is 46.3. The van der Waals surface area contributed by atoms with Crippen LogP contribution in [0.3, 0.4) is 0 Å². The molecule has 0 radical (unpaired) electrons. The predicted octanol–water partition coefficient (Wildman–Crippen LogP) is 3.61. The Morgan fingerprint density at radius 3 is 2.15 bits per heavy atom. The van der Waals surface area contributed by atoms with Crippen LogP contribution in [-0.2, 0) is 14.4 Å². The summed E-state index contributed by atoms with van der Waals surface area (Å²) in [6.45, 7) is 6.31. The monoisotopic (exact) mass is 462 g/mol. The van der Waals surface area contributed by atoms with Crippen molar-refractivity contribution in [3.05, 3.63) is 94.4 Å². The number of carboxylic acids is 2. The highest BCUT2D eigenvalue weighted by Crippen LogP contribution is 2.52. The van der Waals surface area contributed by atoms with Gasteiger partial charge in [0.15, 0.2) is 0 Å². The fraction of sp³-hybridized carbons (Fsp3) is 0.231. The van der Waals surface area contributed by atoms with E-state index in [2.05, 4.69) is 16.9 Å². The molecule has 6 rings (SSSR count). The third kappa shape index (κ3) is 4.91. The first-order chi connectivity index (χ1) is 16.0. The average Bonchev–Trinajstić information content (AvgIpc) is 2.81. The van der Waals surface area contributed by atoms with Crippen LogP contribution in [0.5, 0.6) is 0 Å². The van der Waals surface area contributed by atoms with E-state index in [1.807, 2.05) is 48.5 Å². The molecule has 4 N–H and O–H groups in total. The van der Waals surface area contributed by atoms with E-state index < -0.39 is 23.4 Å². The van der Waals surface area contributed by atoms with E-state index in [4.69, 9.17) is 5.11 Å². The van der Waals surface area contributed by atoms with Crippen molar-refractivity contribution in [1.82, 2.24) is 10.3 Å². The number of pyridine rings is 1. The van der Waals surface area contributed by atoms with Gasteiger partial charge in [-0.25, -0.2) is 4.79 Å². The Hall–Kier alpha value is -4.20. The smallest absolute Gasteiger partial charge is 0.330 e. The van der Waals surface area contributed by atoms with Gasteiger partial charge >= 0.3 is 11.9 Å². The highest BCUT2D eigenvalue weighted by Gasteiger charge is 2.55. The van der Waals surface area contributed by atoms with Crippen LogP contribution in [0.1, 0.15) is 43.4 Å². The first-order valence-electron chi connectivity index (χ1n) is 10.6. The minimum atomic E-state index is -0.935. The van der Waals surface area contributed by atoms with Crippen molar-refractivity contribution >= 4 is 28.6 Å². The van der Waals surface area contributed by atoms with Crippen LogP contribution in [0.15, 0.2) is 77.7 Å². The summed E-state index contributed by atoms with van der Waals surface area (Å²) in [7, 11) is 0. The first-order valence-corrected chi connectivity index (χ1v) is 10.6. The molecule has 176 valence electrons. The second kappa shape index (κ2) is 9.74. The van der Waals surface area contributed by atoms with Crippen molar-refractivity contribution < 1.29 is 24.6 Å². The molecule has 3 heterocycles. The molecule has 3 atom stereocenters. The molecule has 2 bridgehead atoms. The van der Waals surface area contributed by atoms with Gasteiger partial charge < -0.3 is 20.5 Å². The summed E-state index contributed by atoms with van der Waals surface area (Å²) < 4.78 is 0. The highest BCUT2D eigenvalue weighted by molar-refractivity contribution is 5.91. The van der Waals surface area contributed by atoms with Crippen LogP contribution >= 0.6 is 0 Å². The molecule has 3 aliphatic rings. The van der Waals surface area contributed by atoms with Gasteiger partial charge in [0, 0.05) is 17.8 Å². The van der Waals surface area contributed by atoms with E-state index in [9.17, 15) is 24.3 Å². The number of amides is 1. The van der Waals surface area contributed by atoms with Crippen LogP contribution < -0.4 is 10.9 Å². The van der Waals surface area contributed by atoms with Crippen LogP contribution in [0.2, 0.25) is 0 Å². The zero-order valence-corrected chi connectivity index (χ0v) is 18.9. The molecule has 1 saturated heterocycles. The van der Waals surface area contributed by atoms with Crippen LogP contribution in [-0.4, -0.2) is 33.0 Å². The molecule has 0 spiro atoms. The summed E-state index contributed by atoms with van der Waals surface area (Å²) in [5.41, 5.74) is 1.17. The minimum absolute atomic E-state index is 0.0487. The van der Waals surface area contributed by atoms with Crippen molar-refractivity contribution in [1.29, 1.82) is 0 Å². The molecule has 3 unspecified atom stereocenters. The number of benzene rings is 2. The van der Waals surface area contributed by atoms with Crippen molar-refractivity contribution in [2.45, 2.75) is 32.2 Å². The number of carboxylic acid groups (broad SMARTS) is 2. The summed E-state index contributed by atoms with van der Waals surface area (Å²) >= 11 is 0. The lowest BCUT2D eigenvalue weighted by Gasteiger charge is -2.48. The van der Waals surface area contributed by atoms with Gasteiger partial charge in [-0.2, -0.15) is 0 Å². The van der Waals surface area contributed by atoms with Gasteiger partial charge in [-0.15, -0.1) is 0 Å².